The van der Waals surface area contributed by atoms with Crippen LogP contribution in [0.15, 0.2) is 78.9 Å². The van der Waals surface area contributed by atoms with Gasteiger partial charge in [-0.2, -0.15) is 15.0 Å². The van der Waals surface area contributed by atoms with Gasteiger partial charge in [0, 0.05) is 17.8 Å². The van der Waals surface area contributed by atoms with E-state index < -0.39 is 0 Å². The molecule has 0 aliphatic rings. The number of nitrogens with zero attached hydrogens (tertiary/aromatic N) is 3. The number of nitrogens with one attached hydrogen (secondary N) is 2. The predicted molar refractivity (Wildman–Crippen MR) is 127 cm³/mol. The van der Waals surface area contributed by atoms with Crippen molar-refractivity contribution in [2.45, 2.75) is 20.1 Å². The zero-order chi connectivity index (χ0) is 23.0. The summed E-state index contributed by atoms with van der Waals surface area (Å²) in [7, 11) is 0. The molecule has 0 saturated carbocycles. The summed E-state index contributed by atoms with van der Waals surface area (Å²) in [5.74, 6) is 1.13. The zero-order valence-corrected chi connectivity index (χ0v) is 18.2. The van der Waals surface area contributed by atoms with Gasteiger partial charge in [0.2, 0.25) is 11.9 Å². The normalized spacial score (nSPS) is 10.5. The van der Waals surface area contributed by atoms with E-state index in [2.05, 4.69) is 25.6 Å². The van der Waals surface area contributed by atoms with Crippen LogP contribution >= 0.6 is 0 Å². The molecule has 0 saturated heterocycles. The third-order valence-corrected chi connectivity index (χ3v) is 4.77. The van der Waals surface area contributed by atoms with Crippen LogP contribution in [0.4, 0.5) is 17.6 Å². The summed E-state index contributed by atoms with van der Waals surface area (Å²) in [5, 5.41) is 6.02. The lowest BCUT2D eigenvalue weighted by Gasteiger charge is -2.10. The maximum atomic E-state index is 12.5. The van der Waals surface area contributed by atoms with Crippen LogP contribution in [-0.2, 0) is 13.2 Å². The van der Waals surface area contributed by atoms with Gasteiger partial charge in [-0.15, -0.1) is 0 Å². The highest BCUT2D eigenvalue weighted by Crippen LogP contribution is 2.17. The van der Waals surface area contributed by atoms with Crippen molar-refractivity contribution >= 4 is 23.5 Å². The highest BCUT2D eigenvalue weighted by Gasteiger charge is 2.09. The lowest BCUT2D eigenvalue weighted by Crippen LogP contribution is -2.22. The second-order valence-electron chi connectivity index (χ2n) is 7.41. The number of aromatic nitrogens is 3. The summed E-state index contributed by atoms with van der Waals surface area (Å²) in [6.45, 7) is 2.54. The van der Waals surface area contributed by atoms with Gasteiger partial charge < -0.3 is 21.1 Å². The zero-order valence-electron chi connectivity index (χ0n) is 18.2. The Balaban J connectivity index is 1.38. The van der Waals surface area contributed by atoms with Gasteiger partial charge in [0.1, 0.15) is 12.4 Å². The van der Waals surface area contributed by atoms with Crippen molar-refractivity contribution in [3.63, 3.8) is 0 Å². The molecule has 8 heteroatoms. The number of nitrogen functional groups attached to an aromatic ring is 1. The molecule has 0 spiro atoms. The molecule has 4 aromatic rings. The number of rotatable bonds is 8. The molecule has 166 valence electrons. The van der Waals surface area contributed by atoms with Gasteiger partial charge in [0.25, 0.3) is 5.91 Å². The molecule has 8 nitrogen and oxygen atoms in total. The fourth-order valence-electron chi connectivity index (χ4n) is 3.08. The van der Waals surface area contributed by atoms with Crippen LogP contribution in [0.2, 0.25) is 0 Å². The Morgan fingerprint density at radius 3 is 2.52 bits per heavy atom. The number of carbonyl (C=O) groups excluding carboxylic acids is 1. The average Bonchev–Trinajstić information content (AvgIpc) is 2.83. The summed E-state index contributed by atoms with van der Waals surface area (Å²) < 4.78 is 5.81. The number of carbonyl (C=O) groups is 1. The molecule has 0 aliphatic heterocycles. The van der Waals surface area contributed by atoms with Crippen LogP contribution in [0, 0.1) is 6.92 Å². The van der Waals surface area contributed by atoms with Gasteiger partial charge in [-0.25, -0.2) is 0 Å². The Morgan fingerprint density at radius 2 is 1.73 bits per heavy atom. The number of anilines is 3. The molecule has 3 aromatic carbocycles. The average molecular weight is 441 g/mol. The van der Waals surface area contributed by atoms with E-state index in [1.165, 1.54) is 0 Å². The smallest absolute Gasteiger partial charge is 0.251 e. The van der Waals surface area contributed by atoms with Crippen molar-refractivity contribution in [3.8, 4) is 5.75 Å². The number of ether oxygens (including phenoxy) is 1. The first-order valence-corrected chi connectivity index (χ1v) is 10.4. The minimum Gasteiger partial charge on any atom is -0.486 e. The van der Waals surface area contributed by atoms with Gasteiger partial charge >= 0.3 is 0 Å². The van der Waals surface area contributed by atoms with E-state index in [-0.39, 0.29) is 18.5 Å². The van der Waals surface area contributed by atoms with Crippen LogP contribution in [-0.4, -0.2) is 20.9 Å². The van der Waals surface area contributed by atoms with Crippen LogP contribution in [0.1, 0.15) is 27.3 Å². The molecule has 4 rings (SSSR count). The van der Waals surface area contributed by atoms with Gasteiger partial charge in [0.05, 0.1) is 0 Å². The molecule has 0 aliphatic carbocycles. The van der Waals surface area contributed by atoms with Gasteiger partial charge in [-0.1, -0.05) is 54.1 Å². The molecule has 33 heavy (non-hydrogen) atoms. The molecule has 0 fully saturated rings. The van der Waals surface area contributed by atoms with E-state index in [0.717, 1.165) is 16.8 Å². The number of aryl methyl sites for hydroxylation is 1. The van der Waals surface area contributed by atoms with E-state index >= 15 is 0 Å². The topological polar surface area (TPSA) is 115 Å². The maximum absolute atomic E-state index is 12.5. The van der Waals surface area contributed by atoms with E-state index in [1.807, 2.05) is 61.5 Å². The minimum absolute atomic E-state index is 0.0738. The molecular formula is C25H24N6O2. The fourth-order valence-corrected chi connectivity index (χ4v) is 3.08. The van der Waals surface area contributed by atoms with Gasteiger partial charge in [0.15, 0.2) is 5.82 Å². The molecule has 1 amide bonds. The molecular weight excluding hydrogens is 416 g/mol. The highest BCUT2D eigenvalue weighted by atomic mass is 16.5. The Labute approximate surface area is 191 Å². The summed E-state index contributed by atoms with van der Waals surface area (Å²) in [5.41, 5.74) is 9.36. The van der Waals surface area contributed by atoms with Crippen molar-refractivity contribution in [2.24, 2.45) is 0 Å². The SMILES string of the molecule is Cc1ccc(Nc2nc(N)nc(COc3cccc(C(=O)NCc4ccccc4)c3)n2)cc1. The van der Waals surface area contributed by atoms with E-state index in [0.29, 0.717) is 29.6 Å². The number of hydrogen-bond acceptors (Lipinski definition) is 7. The first-order valence-electron chi connectivity index (χ1n) is 10.4. The predicted octanol–water partition coefficient (Wildman–Crippen LogP) is 4.01. The second kappa shape index (κ2) is 10.2. The number of amides is 1. The quantitative estimate of drug-likeness (QED) is 0.379. The van der Waals surface area contributed by atoms with E-state index in [9.17, 15) is 4.79 Å². The molecule has 1 heterocycles. The molecule has 0 radical (unpaired) electrons. The monoisotopic (exact) mass is 440 g/mol. The van der Waals surface area contributed by atoms with E-state index in [1.54, 1.807) is 24.3 Å². The molecule has 0 bridgehead atoms. The van der Waals surface area contributed by atoms with Crippen LogP contribution in [0.5, 0.6) is 5.75 Å². The van der Waals surface area contributed by atoms with Crippen LogP contribution in [0.3, 0.4) is 0 Å². The summed E-state index contributed by atoms with van der Waals surface area (Å²) in [6, 6.07) is 24.5. The summed E-state index contributed by atoms with van der Waals surface area (Å²) in [6.07, 6.45) is 0. The Bertz CT molecular complexity index is 1230. The second-order valence-corrected chi connectivity index (χ2v) is 7.41. The third kappa shape index (κ3) is 6.27. The lowest BCUT2D eigenvalue weighted by atomic mass is 10.2. The molecule has 4 N–H and O–H groups in total. The Kier molecular flexibility index (Phi) is 6.75. The van der Waals surface area contributed by atoms with Crippen molar-refractivity contribution < 1.29 is 9.53 Å². The fraction of sp³-hybridized carbons (Fsp3) is 0.120. The van der Waals surface area contributed by atoms with Crippen LogP contribution < -0.4 is 21.1 Å². The summed E-state index contributed by atoms with van der Waals surface area (Å²) in [4.78, 5) is 25.1. The number of benzene rings is 3. The minimum atomic E-state index is -0.182. The maximum Gasteiger partial charge on any atom is 0.251 e. The first-order chi connectivity index (χ1) is 16.0. The third-order valence-electron chi connectivity index (χ3n) is 4.77. The highest BCUT2D eigenvalue weighted by molar-refractivity contribution is 5.94. The van der Waals surface area contributed by atoms with Crippen molar-refractivity contribution in [2.75, 3.05) is 11.1 Å². The van der Waals surface area contributed by atoms with Crippen LogP contribution in [0.25, 0.3) is 0 Å². The van der Waals surface area contributed by atoms with Crippen molar-refractivity contribution in [1.29, 1.82) is 0 Å². The molecule has 0 atom stereocenters. The molecule has 0 unspecified atom stereocenters. The lowest BCUT2D eigenvalue weighted by molar-refractivity contribution is 0.0950. The van der Waals surface area contributed by atoms with E-state index in [4.69, 9.17) is 10.5 Å². The van der Waals surface area contributed by atoms with Crippen molar-refractivity contribution in [3.05, 3.63) is 101 Å². The first kappa shape index (κ1) is 21.8. The molecule has 1 aromatic heterocycles. The number of nitrogens with two attached hydrogens (primary N) is 1. The largest absolute Gasteiger partial charge is 0.486 e. The summed E-state index contributed by atoms with van der Waals surface area (Å²) >= 11 is 0. The van der Waals surface area contributed by atoms with Crippen molar-refractivity contribution in [1.82, 2.24) is 20.3 Å². The Hall–Kier alpha value is -4.46. The van der Waals surface area contributed by atoms with Gasteiger partial charge in [-0.3, -0.25) is 4.79 Å². The number of hydrogen-bond donors (Lipinski definition) is 3. The van der Waals surface area contributed by atoms with Gasteiger partial charge in [-0.05, 0) is 42.8 Å². The Morgan fingerprint density at radius 1 is 0.939 bits per heavy atom. The standard InChI is InChI=1S/C25H24N6O2/c1-17-10-12-20(13-11-17)28-25-30-22(29-24(26)31-25)16-33-21-9-5-8-19(14-21)23(32)27-15-18-6-3-2-4-7-18/h2-14H,15-16H2,1H3,(H,27,32)(H3,26,28,29,30,31).